The van der Waals surface area contributed by atoms with Gasteiger partial charge < -0.3 is 16.2 Å². The topological polar surface area (TPSA) is 87.0 Å². The van der Waals surface area contributed by atoms with E-state index >= 15 is 0 Å². The zero-order valence-corrected chi connectivity index (χ0v) is 13.1. The van der Waals surface area contributed by atoms with Crippen LogP contribution in [-0.2, 0) is 6.42 Å². The molecular formula is C15H19ClN4O. The number of anilines is 2. The second-order valence-corrected chi connectivity index (χ2v) is 5.56. The van der Waals surface area contributed by atoms with Crippen molar-refractivity contribution in [3.05, 3.63) is 40.0 Å². The average Bonchev–Trinajstić information content (AvgIpc) is 2.42. The lowest BCUT2D eigenvalue weighted by atomic mass is 9.93. The minimum Gasteiger partial charge on any atom is -0.495 e. The van der Waals surface area contributed by atoms with Gasteiger partial charge in [0.15, 0.2) is 0 Å². The number of nitrogens with zero attached hydrogens (tertiary/aromatic N) is 2. The van der Waals surface area contributed by atoms with Gasteiger partial charge in [0.2, 0.25) is 5.95 Å². The number of halogens is 1. The molecule has 0 saturated heterocycles. The van der Waals surface area contributed by atoms with E-state index in [2.05, 4.69) is 23.8 Å². The molecule has 2 aromatic rings. The van der Waals surface area contributed by atoms with Crippen molar-refractivity contribution in [2.45, 2.75) is 26.2 Å². The average molecular weight is 307 g/mol. The third kappa shape index (κ3) is 3.36. The molecular weight excluding hydrogens is 288 g/mol. The summed E-state index contributed by atoms with van der Waals surface area (Å²) in [6.45, 7) is 4.23. The molecule has 0 fully saturated rings. The summed E-state index contributed by atoms with van der Waals surface area (Å²) >= 11 is 6.21. The van der Waals surface area contributed by atoms with Crippen molar-refractivity contribution in [2.24, 2.45) is 0 Å². The Morgan fingerprint density at radius 3 is 2.52 bits per heavy atom. The van der Waals surface area contributed by atoms with Crippen LogP contribution in [0.3, 0.4) is 0 Å². The normalized spacial score (nSPS) is 10.9. The molecule has 0 atom stereocenters. The van der Waals surface area contributed by atoms with Crippen molar-refractivity contribution in [3.63, 3.8) is 0 Å². The van der Waals surface area contributed by atoms with Crippen LogP contribution >= 0.6 is 11.6 Å². The lowest BCUT2D eigenvalue weighted by Crippen LogP contribution is -2.06. The Morgan fingerprint density at radius 1 is 1.24 bits per heavy atom. The third-order valence-electron chi connectivity index (χ3n) is 3.33. The summed E-state index contributed by atoms with van der Waals surface area (Å²) in [6.07, 6.45) is 2.26. The fourth-order valence-electron chi connectivity index (χ4n) is 2.23. The minimum absolute atomic E-state index is 0.175. The molecule has 21 heavy (non-hydrogen) atoms. The zero-order chi connectivity index (χ0) is 15.6. The first kappa shape index (κ1) is 15.4. The number of benzene rings is 1. The standard InChI is InChI=1S/C15H19ClN4O/c1-8(2)11-6-12(16)13(21-3)5-9(11)4-10-7-19-15(18)20-14(10)17/h5-8H,4H2,1-3H3,(H4,17,18,19,20). The molecule has 0 aliphatic rings. The molecule has 6 heteroatoms. The highest BCUT2D eigenvalue weighted by molar-refractivity contribution is 6.32. The smallest absolute Gasteiger partial charge is 0.221 e. The highest BCUT2D eigenvalue weighted by Crippen LogP contribution is 2.33. The van der Waals surface area contributed by atoms with E-state index in [4.69, 9.17) is 27.8 Å². The van der Waals surface area contributed by atoms with Crippen molar-refractivity contribution in [2.75, 3.05) is 18.6 Å². The fraction of sp³-hybridized carbons (Fsp3) is 0.333. The summed E-state index contributed by atoms with van der Waals surface area (Å²) in [4.78, 5) is 7.99. The maximum atomic E-state index is 6.21. The second-order valence-electron chi connectivity index (χ2n) is 5.16. The molecule has 1 heterocycles. The van der Waals surface area contributed by atoms with Crippen molar-refractivity contribution in [1.82, 2.24) is 9.97 Å². The summed E-state index contributed by atoms with van der Waals surface area (Å²) in [6, 6.07) is 3.88. The number of ether oxygens (including phenoxy) is 1. The maximum Gasteiger partial charge on any atom is 0.221 e. The molecule has 0 radical (unpaired) electrons. The van der Waals surface area contributed by atoms with Gasteiger partial charge in [0, 0.05) is 18.2 Å². The Bertz CT molecular complexity index is 658. The predicted molar refractivity (Wildman–Crippen MR) is 85.8 cm³/mol. The first-order valence-corrected chi connectivity index (χ1v) is 7.03. The number of hydrogen-bond acceptors (Lipinski definition) is 5. The number of aromatic nitrogens is 2. The van der Waals surface area contributed by atoms with Gasteiger partial charge in [-0.25, -0.2) is 4.98 Å². The Balaban J connectivity index is 2.46. The first-order valence-electron chi connectivity index (χ1n) is 6.65. The number of hydrogen-bond donors (Lipinski definition) is 2. The lowest BCUT2D eigenvalue weighted by Gasteiger charge is -2.16. The van der Waals surface area contributed by atoms with Gasteiger partial charge in [0.05, 0.1) is 12.1 Å². The van der Waals surface area contributed by atoms with E-state index < -0.39 is 0 Å². The molecule has 4 N–H and O–H groups in total. The van der Waals surface area contributed by atoms with E-state index in [0.717, 1.165) is 16.7 Å². The number of methoxy groups -OCH3 is 1. The van der Waals surface area contributed by atoms with Gasteiger partial charge in [-0.15, -0.1) is 0 Å². The quantitative estimate of drug-likeness (QED) is 0.906. The Labute approximate surface area is 129 Å². The molecule has 112 valence electrons. The molecule has 0 bridgehead atoms. The van der Waals surface area contributed by atoms with Crippen molar-refractivity contribution >= 4 is 23.4 Å². The second kappa shape index (κ2) is 6.18. The van der Waals surface area contributed by atoms with Crippen molar-refractivity contribution in [1.29, 1.82) is 0 Å². The van der Waals surface area contributed by atoms with Crippen LogP contribution in [-0.4, -0.2) is 17.1 Å². The van der Waals surface area contributed by atoms with Gasteiger partial charge in [-0.3, -0.25) is 0 Å². The van der Waals surface area contributed by atoms with Crippen LogP contribution in [0.1, 0.15) is 36.5 Å². The summed E-state index contributed by atoms with van der Waals surface area (Å²) in [5.41, 5.74) is 14.5. The molecule has 0 saturated carbocycles. The van der Waals surface area contributed by atoms with Gasteiger partial charge in [0.1, 0.15) is 11.6 Å². The zero-order valence-electron chi connectivity index (χ0n) is 12.4. The van der Waals surface area contributed by atoms with Gasteiger partial charge in [0.25, 0.3) is 0 Å². The summed E-state index contributed by atoms with van der Waals surface area (Å²) in [5, 5.41) is 0.603. The van der Waals surface area contributed by atoms with E-state index in [1.807, 2.05) is 12.1 Å². The highest BCUT2D eigenvalue weighted by atomic mass is 35.5. The largest absolute Gasteiger partial charge is 0.495 e. The Kier molecular flexibility index (Phi) is 4.53. The Hall–Kier alpha value is -2.01. The van der Waals surface area contributed by atoms with Gasteiger partial charge in [-0.1, -0.05) is 25.4 Å². The van der Waals surface area contributed by atoms with Crippen LogP contribution in [0.4, 0.5) is 11.8 Å². The minimum atomic E-state index is 0.175. The molecule has 0 unspecified atom stereocenters. The van der Waals surface area contributed by atoms with Crippen LogP contribution in [0.2, 0.25) is 5.02 Å². The van der Waals surface area contributed by atoms with Crippen molar-refractivity contribution in [3.8, 4) is 5.75 Å². The van der Waals surface area contributed by atoms with Gasteiger partial charge in [-0.2, -0.15) is 4.98 Å². The molecule has 2 rings (SSSR count). The highest BCUT2D eigenvalue weighted by Gasteiger charge is 2.14. The summed E-state index contributed by atoms with van der Waals surface area (Å²) in [7, 11) is 1.60. The summed E-state index contributed by atoms with van der Waals surface area (Å²) < 4.78 is 5.29. The van der Waals surface area contributed by atoms with Gasteiger partial charge in [-0.05, 0) is 29.2 Å². The van der Waals surface area contributed by atoms with E-state index in [-0.39, 0.29) is 5.95 Å². The predicted octanol–water partition coefficient (Wildman–Crippen LogP) is 3.02. The number of nitrogen functional groups attached to an aromatic ring is 2. The SMILES string of the molecule is COc1cc(Cc2cnc(N)nc2N)c(C(C)C)cc1Cl. The molecule has 0 aliphatic carbocycles. The first-order chi connectivity index (χ1) is 9.92. The summed E-state index contributed by atoms with van der Waals surface area (Å²) in [5.74, 6) is 1.55. The van der Waals surface area contributed by atoms with Crippen molar-refractivity contribution < 1.29 is 4.74 Å². The molecule has 5 nitrogen and oxygen atoms in total. The molecule has 0 amide bonds. The van der Waals surface area contributed by atoms with Crippen LogP contribution < -0.4 is 16.2 Å². The Morgan fingerprint density at radius 2 is 1.95 bits per heavy atom. The molecule has 0 aliphatic heterocycles. The van der Waals surface area contributed by atoms with Crippen LogP contribution in [0, 0.1) is 0 Å². The number of rotatable bonds is 4. The van der Waals surface area contributed by atoms with Gasteiger partial charge >= 0.3 is 0 Å². The van der Waals surface area contributed by atoms with E-state index in [0.29, 0.717) is 28.9 Å². The van der Waals surface area contributed by atoms with E-state index in [9.17, 15) is 0 Å². The van der Waals surface area contributed by atoms with E-state index in [1.165, 1.54) is 0 Å². The molecule has 1 aromatic heterocycles. The van der Waals surface area contributed by atoms with Crippen LogP contribution in [0.5, 0.6) is 5.75 Å². The third-order valence-corrected chi connectivity index (χ3v) is 3.63. The maximum absolute atomic E-state index is 6.21. The van der Waals surface area contributed by atoms with E-state index in [1.54, 1.807) is 13.3 Å². The molecule has 1 aromatic carbocycles. The van der Waals surface area contributed by atoms with Crippen LogP contribution in [0.15, 0.2) is 18.3 Å². The fourth-order valence-corrected chi connectivity index (χ4v) is 2.48. The monoisotopic (exact) mass is 306 g/mol. The lowest BCUT2D eigenvalue weighted by molar-refractivity contribution is 0.414. The number of nitrogens with two attached hydrogens (primary N) is 2. The molecule has 0 spiro atoms. The van der Waals surface area contributed by atoms with Crippen LogP contribution in [0.25, 0.3) is 0 Å².